The summed E-state index contributed by atoms with van der Waals surface area (Å²) in [6.07, 6.45) is 1.94. The van der Waals surface area contributed by atoms with Crippen LogP contribution in [-0.2, 0) is 17.8 Å². The summed E-state index contributed by atoms with van der Waals surface area (Å²) in [5.74, 6) is 2.35. The molecule has 3 aromatic rings. The molecule has 0 saturated heterocycles. The predicted octanol–water partition coefficient (Wildman–Crippen LogP) is 1.62. The Hall–Kier alpha value is -3.13. The van der Waals surface area contributed by atoms with E-state index in [-0.39, 0.29) is 0 Å². The zero-order valence-electron chi connectivity index (χ0n) is 15.6. The van der Waals surface area contributed by atoms with E-state index in [1.54, 1.807) is 14.2 Å². The molecule has 0 amide bonds. The molecular weight excluding hydrogens is 344 g/mol. The molecule has 0 spiro atoms. The molecule has 142 valence electrons. The zero-order valence-corrected chi connectivity index (χ0v) is 15.6. The van der Waals surface area contributed by atoms with Gasteiger partial charge in [-0.2, -0.15) is 0 Å². The molecule has 0 unspecified atom stereocenters. The van der Waals surface area contributed by atoms with Gasteiger partial charge < -0.3 is 20.1 Å². The van der Waals surface area contributed by atoms with Gasteiger partial charge in [-0.25, -0.2) is 0 Å². The van der Waals surface area contributed by atoms with Crippen LogP contribution in [0, 0.1) is 0 Å². The fourth-order valence-corrected chi connectivity index (χ4v) is 2.53. The molecule has 27 heavy (non-hydrogen) atoms. The van der Waals surface area contributed by atoms with Gasteiger partial charge in [0.1, 0.15) is 12.4 Å². The minimum Gasteiger partial charge on any atom is -0.491 e. The van der Waals surface area contributed by atoms with Crippen molar-refractivity contribution in [2.75, 3.05) is 27.4 Å². The van der Waals surface area contributed by atoms with Crippen LogP contribution in [0.3, 0.4) is 0 Å². The van der Waals surface area contributed by atoms with Crippen LogP contribution in [0.25, 0.3) is 5.65 Å². The highest BCUT2D eigenvalue weighted by Crippen LogP contribution is 2.12. The maximum atomic E-state index is 5.57. The monoisotopic (exact) mass is 368 g/mol. The fraction of sp³-hybridized carbons (Fsp3) is 0.316. The molecule has 0 aliphatic carbocycles. The molecule has 0 atom stereocenters. The Kier molecular flexibility index (Phi) is 6.59. The van der Waals surface area contributed by atoms with Gasteiger partial charge >= 0.3 is 0 Å². The van der Waals surface area contributed by atoms with Crippen molar-refractivity contribution in [3.05, 3.63) is 60.0 Å². The summed E-state index contributed by atoms with van der Waals surface area (Å²) in [4.78, 5) is 4.25. The number of aliphatic imine (C=N–C) groups is 1. The lowest BCUT2D eigenvalue weighted by Crippen LogP contribution is -2.36. The molecule has 1 aromatic carbocycles. The number of guanidine groups is 1. The van der Waals surface area contributed by atoms with E-state index in [1.165, 1.54) is 0 Å². The third kappa shape index (κ3) is 5.18. The SMILES string of the molecule is CN=C(NCc1ccc(OCCOC)cc1)NCc1nnc2ccccn12. The van der Waals surface area contributed by atoms with Crippen LogP contribution < -0.4 is 15.4 Å². The lowest BCUT2D eigenvalue weighted by Gasteiger charge is -2.12. The second kappa shape index (κ2) is 9.54. The van der Waals surface area contributed by atoms with Crippen molar-refractivity contribution in [1.82, 2.24) is 25.2 Å². The predicted molar refractivity (Wildman–Crippen MR) is 104 cm³/mol. The lowest BCUT2D eigenvalue weighted by molar-refractivity contribution is 0.146. The van der Waals surface area contributed by atoms with Crippen molar-refractivity contribution in [2.24, 2.45) is 4.99 Å². The van der Waals surface area contributed by atoms with E-state index in [1.807, 2.05) is 53.1 Å². The summed E-state index contributed by atoms with van der Waals surface area (Å²) >= 11 is 0. The van der Waals surface area contributed by atoms with E-state index < -0.39 is 0 Å². The first kappa shape index (κ1) is 18.7. The average Bonchev–Trinajstić information content (AvgIpc) is 3.13. The molecule has 2 aromatic heterocycles. The first-order valence-corrected chi connectivity index (χ1v) is 8.74. The van der Waals surface area contributed by atoms with Gasteiger partial charge in [0, 0.05) is 26.9 Å². The Bertz CT molecular complexity index is 875. The molecule has 0 fully saturated rings. The molecular formula is C19H24N6O2. The van der Waals surface area contributed by atoms with Gasteiger partial charge in [-0.1, -0.05) is 18.2 Å². The number of nitrogens with zero attached hydrogens (tertiary/aromatic N) is 4. The molecule has 0 radical (unpaired) electrons. The second-order valence-corrected chi connectivity index (χ2v) is 5.81. The highest BCUT2D eigenvalue weighted by molar-refractivity contribution is 5.79. The van der Waals surface area contributed by atoms with Gasteiger partial charge in [-0.15, -0.1) is 10.2 Å². The standard InChI is InChI=1S/C19H24N6O2/c1-20-19(22-14-18-24-23-17-5-3-4-10-25(17)18)21-13-15-6-8-16(9-7-15)27-12-11-26-2/h3-10H,11-14H2,1-2H3,(H2,20,21,22). The average molecular weight is 368 g/mol. The molecule has 8 nitrogen and oxygen atoms in total. The Labute approximate surface area is 158 Å². The fourth-order valence-electron chi connectivity index (χ4n) is 2.53. The molecule has 0 aliphatic rings. The molecule has 0 bridgehead atoms. The summed E-state index contributed by atoms with van der Waals surface area (Å²) in [6, 6.07) is 13.8. The Morgan fingerprint density at radius 1 is 1.04 bits per heavy atom. The highest BCUT2D eigenvalue weighted by atomic mass is 16.5. The zero-order chi connectivity index (χ0) is 18.9. The van der Waals surface area contributed by atoms with Crippen molar-refractivity contribution in [1.29, 1.82) is 0 Å². The van der Waals surface area contributed by atoms with E-state index in [9.17, 15) is 0 Å². The topological polar surface area (TPSA) is 85.1 Å². The van der Waals surface area contributed by atoms with Crippen LogP contribution in [-0.4, -0.2) is 47.9 Å². The number of ether oxygens (including phenoxy) is 2. The lowest BCUT2D eigenvalue weighted by atomic mass is 10.2. The van der Waals surface area contributed by atoms with Crippen molar-refractivity contribution in [3.8, 4) is 5.75 Å². The highest BCUT2D eigenvalue weighted by Gasteiger charge is 2.05. The summed E-state index contributed by atoms with van der Waals surface area (Å²) in [6.45, 7) is 2.30. The van der Waals surface area contributed by atoms with E-state index >= 15 is 0 Å². The third-order valence-corrected chi connectivity index (χ3v) is 3.96. The van der Waals surface area contributed by atoms with Crippen molar-refractivity contribution >= 4 is 11.6 Å². The van der Waals surface area contributed by atoms with Crippen LogP contribution in [0.4, 0.5) is 0 Å². The van der Waals surface area contributed by atoms with Gasteiger partial charge in [0.2, 0.25) is 0 Å². The molecule has 2 heterocycles. The molecule has 3 rings (SSSR count). The number of fused-ring (bicyclic) bond motifs is 1. The van der Waals surface area contributed by atoms with Gasteiger partial charge in [0.25, 0.3) is 0 Å². The third-order valence-electron chi connectivity index (χ3n) is 3.96. The van der Waals surface area contributed by atoms with Crippen LogP contribution in [0.2, 0.25) is 0 Å². The molecule has 2 N–H and O–H groups in total. The number of aromatic nitrogens is 3. The number of hydrogen-bond acceptors (Lipinski definition) is 5. The van der Waals surface area contributed by atoms with Crippen LogP contribution in [0.1, 0.15) is 11.4 Å². The molecule has 0 aliphatic heterocycles. The van der Waals surface area contributed by atoms with Gasteiger partial charge in [0.05, 0.1) is 13.2 Å². The van der Waals surface area contributed by atoms with Gasteiger partial charge in [-0.3, -0.25) is 9.39 Å². The quantitative estimate of drug-likeness (QED) is 0.357. The number of rotatable bonds is 8. The number of benzene rings is 1. The van der Waals surface area contributed by atoms with E-state index in [2.05, 4.69) is 25.8 Å². The number of nitrogens with one attached hydrogen (secondary N) is 2. The smallest absolute Gasteiger partial charge is 0.191 e. The summed E-state index contributed by atoms with van der Waals surface area (Å²) in [5, 5.41) is 14.9. The number of pyridine rings is 1. The minimum atomic E-state index is 0.525. The van der Waals surface area contributed by atoms with E-state index in [0.29, 0.717) is 32.3 Å². The Morgan fingerprint density at radius 2 is 1.85 bits per heavy atom. The first-order valence-electron chi connectivity index (χ1n) is 8.74. The number of methoxy groups -OCH3 is 1. The largest absolute Gasteiger partial charge is 0.491 e. The normalized spacial score (nSPS) is 11.6. The molecule has 0 saturated carbocycles. The molecule has 8 heteroatoms. The minimum absolute atomic E-state index is 0.525. The maximum Gasteiger partial charge on any atom is 0.191 e. The summed E-state index contributed by atoms with van der Waals surface area (Å²) < 4.78 is 12.5. The van der Waals surface area contributed by atoms with Gasteiger partial charge in [0.15, 0.2) is 17.4 Å². The van der Waals surface area contributed by atoms with E-state index in [4.69, 9.17) is 9.47 Å². The Balaban J connectivity index is 1.49. The van der Waals surface area contributed by atoms with E-state index in [0.717, 1.165) is 22.8 Å². The summed E-state index contributed by atoms with van der Waals surface area (Å²) in [5.41, 5.74) is 1.95. The van der Waals surface area contributed by atoms with Gasteiger partial charge in [-0.05, 0) is 29.8 Å². The van der Waals surface area contributed by atoms with Crippen molar-refractivity contribution in [2.45, 2.75) is 13.1 Å². The van der Waals surface area contributed by atoms with Crippen LogP contribution in [0.5, 0.6) is 5.75 Å². The van der Waals surface area contributed by atoms with Crippen molar-refractivity contribution < 1.29 is 9.47 Å². The van der Waals surface area contributed by atoms with Crippen LogP contribution in [0.15, 0.2) is 53.7 Å². The maximum absolute atomic E-state index is 5.57. The Morgan fingerprint density at radius 3 is 2.63 bits per heavy atom. The first-order chi connectivity index (χ1) is 13.3. The summed E-state index contributed by atoms with van der Waals surface area (Å²) in [7, 11) is 3.40. The van der Waals surface area contributed by atoms with Crippen LogP contribution >= 0.6 is 0 Å². The van der Waals surface area contributed by atoms with Crippen molar-refractivity contribution in [3.63, 3.8) is 0 Å². The number of hydrogen-bond donors (Lipinski definition) is 2. The second-order valence-electron chi connectivity index (χ2n) is 5.81.